The Kier molecular flexibility index (Phi) is 5.30. The van der Waals surface area contributed by atoms with Crippen molar-refractivity contribution in [2.75, 3.05) is 34.1 Å². The summed E-state index contributed by atoms with van der Waals surface area (Å²) in [6.45, 7) is 0.545. The van der Waals surface area contributed by atoms with E-state index in [0.29, 0.717) is 23.6 Å². The summed E-state index contributed by atoms with van der Waals surface area (Å²) in [7, 11) is 6.70. The van der Waals surface area contributed by atoms with E-state index in [0.717, 1.165) is 0 Å². The topological polar surface area (TPSA) is 44.5 Å². The van der Waals surface area contributed by atoms with Gasteiger partial charge in [-0.2, -0.15) is 0 Å². The molecule has 19 heavy (non-hydrogen) atoms. The maximum absolute atomic E-state index is 12.0. The van der Waals surface area contributed by atoms with Crippen LogP contribution in [-0.4, -0.2) is 55.7 Å². The van der Waals surface area contributed by atoms with Crippen molar-refractivity contribution in [1.29, 1.82) is 0 Å². The van der Waals surface area contributed by atoms with Crippen molar-refractivity contribution in [3.8, 4) is 0 Å². The van der Waals surface area contributed by atoms with E-state index in [2.05, 4.69) is 0 Å². The molecule has 1 aromatic heterocycles. The lowest BCUT2D eigenvalue weighted by Gasteiger charge is -2.12. The molecule has 0 radical (unpaired) electrons. The summed E-state index contributed by atoms with van der Waals surface area (Å²) in [5.41, 5.74) is 0.950. The van der Waals surface area contributed by atoms with Crippen molar-refractivity contribution >= 4 is 23.4 Å². The van der Waals surface area contributed by atoms with E-state index in [1.807, 2.05) is 0 Å². The molecule has 0 aliphatic rings. The summed E-state index contributed by atoms with van der Waals surface area (Å²) in [6.07, 6.45) is 3.41. The molecule has 0 N–H and O–H groups in total. The Labute approximate surface area is 118 Å². The largest absolute Gasteiger partial charge is 0.345 e. The zero-order valence-electron chi connectivity index (χ0n) is 11.7. The lowest BCUT2D eigenvalue weighted by atomic mass is 10.1. The molecule has 1 heterocycles. The number of hydrogen-bond donors (Lipinski definition) is 0. The second-order valence-corrected chi connectivity index (χ2v) is 5.02. The van der Waals surface area contributed by atoms with Gasteiger partial charge in [0.25, 0.3) is 11.8 Å². The van der Waals surface area contributed by atoms with Crippen molar-refractivity contribution < 1.29 is 14.2 Å². The Morgan fingerprint density at radius 3 is 1.79 bits per heavy atom. The van der Waals surface area contributed by atoms with Crippen LogP contribution in [0.2, 0.25) is 0 Å². The molecule has 0 unspecified atom stereocenters. The highest BCUT2D eigenvalue weighted by Gasteiger charge is 2.19. The van der Waals surface area contributed by atoms with Crippen LogP contribution in [0.25, 0.3) is 0 Å². The van der Waals surface area contributed by atoms with Gasteiger partial charge in [0.15, 0.2) is 18.9 Å². The summed E-state index contributed by atoms with van der Waals surface area (Å²) >= 11 is 5.71. The molecule has 1 aromatic rings. The lowest BCUT2D eigenvalue weighted by molar-refractivity contribution is -0.692. The minimum Gasteiger partial charge on any atom is -0.345 e. The van der Waals surface area contributed by atoms with Gasteiger partial charge in [-0.1, -0.05) is 0 Å². The average molecular weight is 285 g/mol. The molecule has 0 bridgehead atoms. The molecule has 6 heteroatoms. The first kappa shape index (κ1) is 15.4. The predicted molar refractivity (Wildman–Crippen MR) is 73.4 cm³/mol. The summed E-state index contributed by atoms with van der Waals surface area (Å²) < 4.78 is 1.76. The van der Waals surface area contributed by atoms with Crippen LogP contribution in [0.4, 0.5) is 0 Å². The zero-order valence-corrected chi connectivity index (χ0v) is 12.4. The normalized spacial score (nSPS) is 10.2. The Bertz CT molecular complexity index is 449. The van der Waals surface area contributed by atoms with Crippen molar-refractivity contribution in [1.82, 2.24) is 9.80 Å². The van der Waals surface area contributed by atoms with E-state index < -0.39 is 0 Å². The molecule has 104 valence electrons. The number of hydrogen-bond acceptors (Lipinski definition) is 2. The number of halogens is 1. The van der Waals surface area contributed by atoms with Crippen LogP contribution in [0.3, 0.4) is 0 Å². The second-order valence-electron chi connectivity index (χ2n) is 4.64. The number of rotatable bonds is 4. The standard InChI is InChI=1S/C13H19ClN3O2/c1-15(2)12(18)10-7-11(13(19)16(3)4)9-17(8-10)6-5-14/h7-9H,5-6H2,1-4H3/q+1. The van der Waals surface area contributed by atoms with Gasteiger partial charge in [0, 0.05) is 28.2 Å². The van der Waals surface area contributed by atoms with Crippen LogP contribution in [0, 0.1) is 0 Å². The number of amides is 2. The van der Waals surface area contributed by atoms with Crippen LogP contribution in [0.1, 0.15) is 20.7 Å². The number of carbonyl (C=O) groups is 2. The molecule has 0 saturated carbocycles. The molecule has 0 saturated heterocycles. The molecular weight excluding hydrogens is 266 g/mol. The monoisotopic (exact) mass is 284 g/mol. The summed E-state index contributed by atoms with van der Waals surface area (Å²) in [5, 5.41) is 0. The molecule has 0 fully saturated rings. The number of nitrogens with zero attached hydrogens (tertiary/aromatic N) is 3. The first-order valence-corrected chi connectivity index (χ1v) is 6.43. The van der Waals surface area contributed by atoms with E-state index in [9.17, 15) is 9.59 Å². The third-order valence-electron chi connectivity index (χ3n) is 2.57. The van der Waals surface area contributed by atoms with Crippen molar-refractivity contribution in [3.63, 3.8) is 0 Å². The minimum absolute atomic E-state index is 0.142. The number of pyridine rings is 1. The fraction of sp³-hybridized carbons (Fsp3) is 0.462. The Morgan fingerprint density at radius 1 is 1.05 bits per heavy atom. The summed E-state index contributed by atoms with van der Waals surface area (Å²) in [5.74, 6) is 0.133. The molecule has 0 aromatic carbocycles. The van der Waals surface area contributed by atoms with Gasteiger partial charge in [0.1, 0.15) is 11.1 Å². The number of aryl methyl sites for hydroxylation is 1. The van der Waals surface area contributed by atoms with Gasteiger partial charge < -0.3 is 9.80 Å². The molecule has 0 atom stereocenters. The van der Waals surface area contributed by atoms with E-state index in [1.54, 1.807) is 51.2 Å². The SMILES string of the molecule is CN(C)C(=O)c1cc(C(=O)N(C)C)c[n+](CCCl)c1. The van der Waals surface area contributed by atoms with Crippen molar-refractivity contribution in [2.45, 2.75) is 6.54 Å². The third-order valence-corrected chi connectivity index (χ3v) is 2.74. The quantitative estimate of drug-likeness (QED) is 0.601. The number of aromatic nitrogens is 1. The summed E-state index contributed by atoms with van der Waals surface area (Å²) in [4.78, 5) is 27.0. The van der Waals surface area contributed by atoms with Gasteiger partial charge in [-0.25, -0.2) is 4.57 Å². The molecular formula is C13H19ClN3O2+. The number of carbonyl (C=O) groups excluding carboxylic acids is 2. The van der Waals surface area contributed by atoms with E-state index in [-0.39, 0.29) is 11.8 Å². The smallest absolute Gasteiger partial charge is 0.259 e. The molecule has 0 aliphatic carbocycles. The summed E-state index contributed by atoms with van der Waals surface area (Å²) in [6, 6.07) is 1.61. The van der Waals surface area contributed by atoms with Crippen molar-refractivity contribution in [2.24, 2.45) is 0 Å². The van der Waals surface area contributed by atoms with Gasteiger partial charge in [-0.15, -0.1) is 11.6 Å². The molecule has 0 spiro atoms. The van der Waals surface area contributed by atoms with E-state index >= 15 is 0 Å². The Balaban J connectivity index is 3.25. The van der Waals surface area contributed by atoms with Gasteiger partial charge in [-0.05, 0) is 6.07 Å². The highest BCUT2D eigenvalue weighted by Crippen LogP contribution is 2.06. The molecule has 5 nitrogen and oxygen atoms in total. The van der Waals surface area contributed by atoms with Gasteiger partial charge in [0.2, 0.25) is 0 Å². The highest BCUT2D eigenvalue weighted by molar-refractivity contribution is 6.17. The molecule has 2 amide bonds. The van der Waals surface area contributed by atoms with Gasteiger partial charge >= 0.3 is 0 Å². The second kappa shape index (κ2) is 6.52. The van der Waals surface area contributed by atoms with Crippen molar-refractivity contribution in [3.05, 3.63) is 29.6 Å². The van der Waals surface area contributed by atoms with Gasteiger partial charge in [-0.3, -0.25) is 9.59 Å². The fourth-order valence-corrected chi connectivity index (χ4v) is 1.81. The predicted octanol–water partition coefficient (Wildman–Crippen LogP) is 0.617. The third kappa shape index (κ3) is 3.92. The van der Waals surface area contributed by atoms with Crippen LogP contribution in [0.5, 0.6) is 0 Å². The fourth-order valence-electron chi connectivity index (χ4n) is 1.61. The maximum atomic E-state index is 12.0. The van der Waals surface area contributed by atoms with Crippen LogP contribution in [-0.2, 0) is 6.54 Å². The van der Waals surface area contributed by atoms with E-state index in [4.69, 9.17) is 11.6 Å². The minimum atomic E-state index is -0.142. The Morgan fingerprint density at radius 2 is 1.47 bits per heavy atom. The van der Waals surface area contributed by atoms with Crippen LogP contribution < -0.4 is 4.57 Å². The van der Waals surface area contributed by atoms with Gasteiger partial charge in [0.05, 0.1) is 5.88 Å². The zero-order chi connectivity index (χ0) is 14.6. The van der Waals surface area contributed by atoms with Crippen LogP contribution in [0.15, 0.2) is 18.5 Å². The average Bonchev–Trinajstić information content (AvgIpc) is 2.36. The van der Waals surface area contributed by atoms with E-state index in [1.165, 1.54) is 9.80 Å². The first-order valence-electron chi connectivity index (χ1n) is 5.90. The molecule has 1 rings (SSSR count). The lowest BCUT2D eigenvalue weighted by Crippen LogP contribution is -2.38. The van der Waals surface area contributed by atoms with Crippen LogP contribution >= 0.6 is 11.6 Å². The number of alkyl halides is 1. The first-order chi connectivity index (χ1) is 8.86. The maximum Gasteiger partial charge on any atom is 0.259 e. The highest BCUT2D eigenvalue weighted by atomic mass is 35.5. The Hall–Kier alpha value is -1.62. The molecule has 0 aliphatic heterocycles.